The molecule has 0 saturated carbocycles. The normalized spacial score (nSPS) is 10.4. The van der Waals surface area contributed by atoms with E-state index in [2.05, 4.69) is 48.2 Å². The molecule has 1 amide bonds. The molecule has 4 nitrogen and oxygen atoms in total. The van der Waals surface area contributed by atoms with E-state index in [9.17, 15) is 4.79 Å². The molecule has 1 N–H and O–H groups in total. The van der Waals surface area contributed by atoms with Crippen molar-refractivity contribution in [3.05, 3.63) is 58.2 Å². The summed E-state index contributed by atoms with van der Waals surface area (Å²) in [7, 11) is 0. The Morgan fingerprint density at radius 2 is 1.70 bits per heavy atom. The molecule has 0 aliphatic rings. The highest BCUT2D eigenvalue weighted by Gasteiger charge is 2.09. The first-order valence-electron chi connectivity index (χ1n) is 6.61. The van der Waals surface area contributed by atoms with Crippen LogP contribution in [0.5, 0.6) is 0 Å². The summed E-state index contributed by atoms with van der Waals surface area (Å²) in [5, 5.41) is 2.89. The molecule has 1 aromatic carbocycles. The predicted octanol–water partition coefficient (Wildman–Crippen LogP) is 2.64. The Hall–Kier alpha value is -2.23. The van der Waals surface area contributed by atoms with Gasteiger partial charge in [-0.3, -0.25) is 9.78 Å². The monoisotopic (exact) mass is 269 g/mol. The minimum atomic E-state index is -0.197. The van der Waals surface area contributed by atoms with Gasteiger partial charge in [-0.25, -0.2) is 4.98 Å². The summed E-state index contributed by atoms with van der Waals surface area (Å²) < 4.78 is 0. The Bertz CT molecular complexity index is 610. The number of aromatic nitrogens is 2. The number of benzene rings is 1. The van der Waals surface area contributed by atoms with Gasteiger partial charge in [-0.1, -0.05) is 17.7 Å². The standard InChI is InChI=1S/C16H19N3O/c1-10-5-11(2)14(12(3)6-10)8-19-16(20)15-9-17-13(4)7-18-15/h5-7,9H,8H2,1-4H3,(H,19,20). The molecular weight excluding hydrogens is 250 g/mol. The van der Waals surface area contributed by atoms with E-state index >= 15 is 0 Å². The van der Waals surface area contributed by atoms with E-state index in [1.54, 1.807) is 6.20 Å². The average Bonchev–Trinajstić information content (AvgIpc) is 2.38. The molecule has 2 rings (SSSR count). The molecule has 1 heterocycles. The maximum atomic E-state index is 12.0. The summed E-state index contributed by atoms with van der Waals surface area (Å²) in [6.45, 7) is 8.55. The van der Waals surface area contributed by atoms with Crippen LogP contribution in [0, 0.1) is 27.7 Å². The average molecular weight is 269 g/mol. The van der Waals surface area contributed by atoms with Gasteiger partial charge in [-0.2, -0.15) is 0 Å². The number of nitrogens with zero attached hydrogens (tertiary/aromatic N) is 2. The summed E-state index contributed by atoms with van der Waals surface area (Å²) >= 11 is 0. The summed E-state index contributed by atoms with van der Waals surface area (Å²) in [6.07, 6.45) is 3.09. The number of carbonyl (C=O) groups is 1. The second-order valence-electron chi connectivity index (χ2n) is 5.10. The van der Waals surface area contributed by atoms with E-state index in [1.807, 2.05) is 6.92 Å². The van der Waals surface area contributed by atoms with Gasteiger partial charge in [0.2, 0.25) is 0 Å². The zero-order valence-corrected chi connectivity index (χ0v) is 12.3. The van der Waals surface area contributed by atoms with Crippen LogP contribution < -0.4 is 5.32 Å². The van der Waals surface area contributed by atoms with Crippen molar-refractivity contribution in [3.8, 4) is 0 Å². The van der Waals surface area contributed by atoms with Gasteiger partial charge in [0.05, 0.1) is 11.9 Å². The topological polar surface area (TPSA) is 54.9 Å². The third-order valence-electron chi connectivity index (χ3n) is 3.28. The van der Waals surface area contributed by atoms with Crippen molar-refractivity contribution in [1.29, 1.82) is 0 Å². The van der Waals surface area contributed by atoms with Gasteiger partial charge in [0, 0.05) is 12.7 Å². The van der Waals surface area contributed by atoms with E-state index in [1.165, 1.54) is 22.9 Å². The molecule has 20 heavy (non-hydrogen) atoms. The summed E-state index contributed by atoms with van der Waals surface area (Å²) in [4.78, 5) is 20.2. The third-order valence-corrected chi connectivity index (χ3v) is 3.28. The van der Waals surface area contributed by atoms with Crippen LogP contribution in [0.15, 0.2) is 24.5 Å². The zero-order chi connectivity index (χ0) is 14.7. The fourth-order valence-electron chi connectivity index (χ4n) is 2.26. The highest BCUT2D eigenvalue weighted by atomic mass is 16.1. The fraction of sp³-hybridized carbons (Fsp3) is 0.312. The molecule has 0 atom stereocenters. The lowest BCUT2D eigenvalue weighted by Crippen LogP contribution is -2.24. The Morgan fingerprint density at radius 3 is 2.25 bits per heavy atom. The van der Waals surface area contributed by atoms with Gasteiger partial charge in [-0.15, -0.1) is 0 Å². The van der Waals surface area contributed by atoms with Crippen molar-refractivity contribution in [3.63, 3.8) is 0 Å². The third kappa shape index (κ3) is 3.20. The first-order chi connectivity index (χ1) is 9.47. The summed E-state index contributed by atoms with van der Waals surface area (Å²) in [5.74, 6) is -0.197. The molecule has 104 valence electrons. The molecular formula is C16H19N3O. The van der Waals surface area contributed by atoms with E-state index in [-0.39, 0.29) is 5.91 Å². The van der Waals surface area contributed by atoms with Gasteiger partial charge in [0.1, 0.15) is 5.69 Å². The highest BCUT2D eigenvalue weighted by Crippen LogP contribution is 2.16. The van der Waals surface area contributed by atoms with Crippen molar-refractivity contribution >= 4 is 5.91 Å². The van der Waals surface area contributed by atoms with Crippen LogP contribution in [0.1, 0.15) is 38.4 Å². The van der Waals surface area contributed by atoms with Crippen molar-refractivity contribution in [1.82, 2.24) is 15.3 Å². The summed E-state index contributed by atoms with van der Waals surface area (Å²) in [6, 6.07) is 4.25. The van der Waals surface area contributed by atoms with Crippen LogP contribution in [0.4, 0.5) is 0 Å². The second kappa shape index (κ2) is 5.82. The molecule has 0 aliphatic carbocycles. The van der Waals surface area contributed by atoms with Crippen molar-refractivity contribution in [2.24, 2.45) is 0 Å². The largest absolute Gasteiger partial charge is 0.347 e. The van der Waals surface area contributed by atoms with Crippen LogP contribution in [-0.2, 0) is 6.54 Å². The molecule has 2 aromatic rings. The quantitative estimate of drug-likeness (QED) is 0.932. The van der Waals surface area contributed by atoms with Gasteiger partial charge in [0.25, 0.3) is 5.91 Å². The molecule has 0 spiro atoms. The summed E-state index contributed by atoms with van der Waals surface area (Å²) in [5.41, 5.74) is 5.92. The predicted molar refractivity (Wildman–Crippen MR) is 78.6 cm³/mol. The lowest BCUT2D eigenvalue weighted by atomic mass is 10.00. The van der Waals surface area contributed by atoms with Crippen LogP contribution in [0.25, 0.3) is 0 Å². The molecule has 0 bridgehead atoms. The van der Waals surface area contributed by atoms with E-state index in [4.69, 9.17) is 0 Å². The SMILES string of the molecule is Cc1cc(C)c(CNC(=O)c2cnc(C)cn2)c(C)c1. The van der Waals surface area contributed by atoms with Crippen LogP contribution >= 0.6 is 0 Å². The van der Waals surface area contributed by atoms with Crippen LogP contribution in [0.2, 0.25) is 0 Å². The number of amides is 1. The maximum absolute atomic E-state index is 12.0. The minimum absolute atomic E-state index is 0.197. The van der Waals surface area contributed by atoms with E-state index < -0.39 is 0 Å². The van der Waals surface area contributed by atoms with Crippen molar-refractivity contribution < 1.29 is 4.79 Å². The fourth-order valence-corrected chi connectivity index (χ4v) is 2.26. The number of hydrogen-bond acceptors (Lipinski definition) is 3. The van der Waals surface area contributed by atoms with Crippen molar-refractivity contribution in [2.75, 3.05) is 0 Å². The molecule has 1 aromatic heterocycles. The van der Waals surface area contributed by atoms with Gasteiger partial charge in [0.15, 0.2) is 0 Å². The number of rotatable bonds is 3. The molecule has 0 saturated heterocycles. The maximum Gasteiger partial charge on any atom is 0.271 e. The first kappa shape index (κ1) is 14.2. The number of aryl methyl sites for hydroxylation is 4. The van der Waals surface area contributed by atoms with Crippen LogP contribution in [-0.4, -0.2) is 15.9 Å². The molecule has 0 unspecified atom stereocenters. The van der Waals surface area contributed by atoms with Gasteiger partial charge in [-0.05, 0) is 44.4 Å². The highest BCUT2D eigenvalue weighted by molar-refractivity contribution is 5.91. The Labute approximate surface area is 119 Å². The number of hydrogen-bond donors (Lipinski definition) is 1. The van der Waals surface area contributed by atoms with E-state index in [0.717, 1.165) is 11.3 Å². The zero-order valence-electron chi connectivity index (χ0n) is 12.3. The molecule has 4 heteroatoms. The first-order valence-corrected chi connectivity index (χ1v) is 6.61. The lowest BCUT2D eigenvalue weighted by molar-refractivity contribution is 0.0945. The number of nitrogens with one attached hydrogen (secondary N) is 1. The molecule has 0 fully saturated rings. The molecule has 0 aliphatic heterocycles. The minimum Gasteiger partial charge on any atom is -0.347 e. The molecule has 0 radical (unpaired) electrons. The Balaban J connectivity index is 2.09. The lowest BCUT2D eigenvalue weighted by Gasteiger charge is -2.12. The van der Waals surface area contributed by atoms with Crippen LogP contribution in [0.3, 0.4) is 0 Å². The number of carbonyl (C=O) groups excluding carboxylic acids is 1. The van der Waals surface area contributed by atoms with E-state index in [0.29, 0.717) is 12.2 Å². The van der Waals surface area contributed by atoms with Crippen molar-refractivity contribution in [2.45, 2.75) is 34.2 Å². The second-order valence-corrected chi connectivity index (χ2v) is 5.10. The van der Waals surface area contributed by atoms with Gasteiger partial charge < -0.3 is 5.32 Å². The van der Waals surface area contributed by atoms with Gasteiger partial charge >= 0.3 is 0 Å². The Kier molecular flexibility index (Phi) is 4.13. The Morgan fingerprint density at radius 1 is 1.05 bits per heavy atom. The smallest absolute Gasteiger partial charge is 0.271 e.